The number of hydroxylamine groups is 1. The summed E-state index contributed by atoms with van der Waals surface area (Å²) in [6.45, 7) is 0. The molecule has 90 valence electrons. The number of rotatable bonds is 1. The Balaban J connectivity index is 2.19. The molecular formula is C14H10BrNO2. The van der Waals surface area contributed by atoms with E-state index in [1.807, 2.05) is 48.5 Å². The monoisotopic (exact) mass is 303 g/mol. The molecule has 18 heavy (non-hydrogen) atoms. The van der Waals surface area contributed by atoms with Crippen molar-refractivity contribution in [1.29, 1.82) is 0 Å². The van der Waals surface area contributed by atoms with Crippen molar-refractivity contribution in [2.45, 2.75) is 5.92 Å². The highest BCUT2D eigenvalue weighted by Crippen LogP contribution is 2.39. The quantitative estimate of drug-likeness (QED) is 0.879. The van der Waals surface area contributed by atoms with Crippen molar-refractivity contribution < 1.29 is 9.63 Å². The summed E-state index contributed by atoms with van der Waals surface area (Å²) >= 11 is 3.49. The van der Waals surface area contributed by atoms with Crippen molar-refractivity contribution in [3.63, 3.8) is 0 Å². The smallest absolute Gasteiger partial charge is 0.264 e. The van der Waals surface area contributed by atoms with Crippen LogP contribution in [0.3, 0.4) is 0 Å². The van der Waals surface area contributed by atoms with Gasteiger partial charge in [0, 0.05) is 10.0 Å². The molecular weight excluding hydrogens is 294 g/mol. The number of carbonyl (C=O) groups is 1. The van der Waals surface area contributed by atoms with E-state index in [-0.39, 0.29) is 11.8 Å². The standard InChI is InChI=1S/C14H10BrNO2/c15-10-7-4-8-11-13(10)12(14(17)16-18-11)9-5-2-1-3-6-9/h1-8,12H,(H,16,17). The number of benzene rings is 2. The van der Waals surface area contributed by atoms with Gasteiger partial charge in [0.1, 0.15) is 0 Å². The number of nitrogens with one attached hydrogen (secondary N) is 1. The van der Waals surface area contributed by atoms with Gasteiger partial charge in [0.2, 0.25) is 0 Å². The van der Waals surface area contributed by atoms with Gasteiger partial charge in [-0.1, -0.05) is 52.3 Å². The minimum Gasteiger partial charge on any atom is -0.379 e. The molecule has 0 radical (unpaired) electrons. The molecule has 4 heteroatoms. The summed E-state index contributed by atoms with van der Waals surface area (Å²) in [6, 6.07) is 15.3. The lowest BCUT2D eigenvalue weighted by Gasteiger charge is -2.26. The first-order valence-corrected chi connectivity index (χ1v) is 6.37. The predicted octanol–water partition coefficient (Wildman–Crippen LogP) is 3.00. The third-order valence-electron chi connectivity index (χ3n) is 2.96. The highest BCUT2D eigenvalue weighted by atomic mass is 79.9. The van der Waals surface area contributed by atoms with Crippen LogP contribution in [0.2, 0.25) is 0 Å². The molecule has 0 saturated carbocycles. The fourth-order valence-electron chi connectivity index (χ4n) is 2.15. The highest BCUT2D eigenvalue weighted by Gasteiger charge is 2.32. The van der Waals surface area contributed by atoms with Crippen LogP contribution < -0.4 is 10.3 Å². The Morgan fingerprint density at radius 3 is 2.61 bits per heavy atom. The van der Waals surface area contributed by atoms with Gasteiger partial charge in [0.05, 0.1) is 5.92 Å². The largest absolute Gasteiger partial charge is 0.379 e. The summed E-state index contributed by atoms with van der Waals surface area (Å²) in [6.07, 6.45) is 0. The van der Waals surface area contributed by atoms with Crippen LogP contribution >= 0.6 is 15.9 Å². The third-order valence-corrected chi connectivity index (χ3v) is 3.65. The van der Waals surface area contributed by atoms with Crippen LogP contribution in [-0.2, 0) is 4.79 Å². The molecule has 1 N–H and O–H groups in total. The first-order valence-electron chi connectivity index (χ1n) is 5.57. The van der Waals surface area contributed by atoms with Gasteiger partial charge in [-0.3, -0.25) is 4.79 Å². The zero-order valence-electron chi connectivity index (χ0n) is 9.39. The Labute approximate surface area is 113 Å². The number of halogens is 1. The van der Waals surface area contributed by atoms with Crippen molar-refractivity contribution in [3.8, 4) is 5.75 Å². The van der Waals surface area contributed by atoms with E-state index in [0.29, 0.717) is 5.75 Å². The normalized spacial score (nSPS) is 17.6. The first kappa shape index (κ1) is 11.3. The van der Waals surface area contributed by atoms with E-state index in [2.05, 4.69) is 21.4 Å². The van der Waals surface area contributed by atoms with Crippen LogP contribution in [0, 0.1) is 0 Å². The average Bonchev–Trinajstić information content (AvgIpc) is 2.40. The molecule has 0 aliphatic carbocycles. The van der Waals surface area contributed by atoms with Crippen LogP contribution in [0.5, 0.6) is 5.75 Å². The number of fused-ring (bicyclic) bond motifs is 1. The molecule has 3 rings (SSSR count). The van der Waals surface area contributed by atoms with E-state index in [1.54, 1.807) is 0 Å². The van der Waals surface area contributed by atoms with Gasteiger partial charge >= 0.3 is 0 Å². The lowest BCUT2D eigenvalue weighted by atomic mass is 9.89. The summed E-state index contributed by atoms with van der Waals surface area (Å²) in [5.41, 5.74) is 4.27. The second-order valence-electron chi connectivity index (χ2n) is 4.06. The lowest BCUT2D eigenvalue weighted by Crippen LogP contribution is -2.37. The van der Waals surface area contributed by atoms with Crippen LogP contribution in [0.1, 0.15) is 17.0 Å². The zero-order chi connectivity index (χ0) is 12.5. The van der Waals surface area contributed by atoms with E-state index in [4.69, 9.17) is 4.84 Å². The molecule has 1 amide bonds. The summed E-state index contributed by atoms with van der Waals surface area (Å²) in [4.78, 5) is 17.3. The Morgan fingerprint density at radius 2 is 1.83 bits per heavy atom. The summed E-state index contributed by atoms with van der Waals surface area (Å²) in [5, 5.41) is 0. The van der Waals surface area contributed by atoms with Crippen LogP contribution in [0.4, 0.5) is 0 Å². The first-order chi connectivity index (χ1) is 8.77. The van der Waals surface area contributed by atoms with Crippen molar-refractivity contribution in [3.05, 3.63) is 64.1 Å². The maximum Gasteiger partial charge on any atom is 0.264 e. The number of hydrogen-bond donors (Lipinski definition) is 1. The topological polar surface area (TPSA) is 38.3 Å². The van der Waals surface area contributed by atoms with Crippen molar-refractivity contribution in [2.24, 2.45) is 0 Å². The molecule has 1 unspecified atom stereocenters. The molecule has 0 aromatic heterocycles. The molecule has 1 heterocycles. The molecule has 0 spiro atoms. The van der Waals surface area contributed by atoms with Crippen molar-refractivity contribution >= 4 is 21.8 Å². The maximum atomic E-state index is 12.1. The summed E-state index contributed by atoms with van der Waals surface area (Å²) < 4.78 is 0.878. The third kappa shape index (κ3) is 1.78. The van der Waals surface area contributed by atoms with Crippen LogP contribution in [0.25, 0.3) is 0 Å². The van der Waals surface area contributed by atoms with Gasteiger partial charge in [-0.05, 0) is 17.7 Å². The Hall–Kier alpha value is -1.81. The van der Waals surface area contributed by atoms with Gasteiger partial charge in [-0.2, -0.15) is 5.48 Å². The second kappa shape index (κ2) is 4.46. The number of amides is 1. The SMILES string of the molecule is O=C1NOc2cccc(Br)c2C1c1ccccc1. The fraction of sp³-hybridized carbons (Fsp3) is 0.0714. The van der Waals surface area contributed by atoms with E-state index >= 15 is 0 Å². The second-order valence-corrected chi connectivity index (χ2v) is 4.92. The molecule has 0 fully saturated rings. The molecule has 1 atom stereocenters. The lowest BCUT2D eigenvalue weighted by molar-refractivity contribution is -0.129. The Morgan fingerprint density at radius 1 is 1.06 bits per heavy atom. The van der Waals surface area contributed by atoms with Crippen LogP contribution in [0.15, 0.2) is 53.0 Å². The van der Waals surface area contributed by atoms with Gasteiger partial charge in [-0.15, -0.1) is 0 Å². The van der Waals surface area contributed by atoms with Gasteiger partial charge in [0.25, 0.3) is 5.91 Å². The minimum absolute atomic E-state index is 0.152. The maximum absolute atomic E-state index is 12.1. The summed E-state index contributed by atoms with van der Waals surface area (Å²) in [5.74, 6) is 0.184. The van der Waals surface area contributed by atoms with E-state index in [9.17, 15) is 4.79 Å². The summed E-state index contributed by atoms with van der Waals surface area (Å²) in [7, 11) is 0. The fourth-order valence-corrected chi connectivity index (χ4v) is 2.72. The average molecular weight is 304 g/mol. The van der Waals surface area contributed by atoms with Gasteiger partial charge < -0.3 is 4.84 Å². The molecule has 1 aliphatic rings. The molecule has 2 aromatic rings. The van der Waals surface area contributed by atoms with Gasteiger partial charge in [-0.25, -0.2) is 0 Å². The minimum atomic E-state index is -0.342. The molecule has 2 aromatic carbocycles. The predicted molar refractivity (Wildman–Crippen MR) is 71.2 cm³/mol. The Kier molecular flexibility index (Phi) is 2.80. The zero-order valence-corrected chi connectivity index (χ0v) is 11.0. The molecule has 0 saturated heterocycles. The molecule has 1 aliphatic heterocycles. The van der Waals surface area contributed by atoms with Crippen molar-refractivity contribution in [1.82, 2.24) is 5.48 Å². The van der Waals surface area contributed by atoms with E-state index in [1.165, 1.54) is 0 Å². The number of carbonyl (C=O) groups excluding carboxylic acids is 1. The van der Waals surface area contributed by atoms with Crippen molar-refractivity contribution in [2.75, 3.05) is 0 Å². The van der Waals surface area contributed by atoms with E-state index in [0.717, 1.165) is 15.6 Å². The van der Waals surface area contributed by atoms with Gasteiger partial charge in [0.15, 0.2) is 5.75 Å². The number of hydrogen-bond acceptors (Lipinski definition) is 2. The van der Waals surface area contributed by atoms with E-state index < -0.39 is 0 Å². The molecule has 3 nitrogen and oxygen atoms in total. The Bertz CT molecular complexity index is 598. The highest BCUT2D eigenvalue weighted by molar-refractivity contribution is 9.10. The molecule has 0 bridgehead atoms. The van der Waals surface area contributed by atoms with Crippen LogP contribution in [-0.4, -0.2) is 5.91 Å².